The number of hydrogen-bond acceptors (Lipinski definition) is 3. The quantitative estimate of drug-likeness (QED) is 0.492. The first-order chi connectivity index (χ1) is 8.56. The van der Waals surface area contributed by atoms with E-state index in [4.69, 9.17) is 0 Å². The molecule has 2 aromatic carbocycles. The van der Waals surface area contributed by atoms with Crippen LogP contribution in [-0.2, 0) is 0 Å². The molecule has 0 spiro atoms. The fourth-order valence-electron chi connectivity index (χ4n) is 1.49. The Morgan fingerprint density at radius 1 is 1.06 bits per heavy atom. The van der Waals surface area contributed by atoms with Gasteiger partial charge in [0.15, 0.2) is 0 Å². The predicted molar refractivity (Wildman–Crippen MR) is 69.4 cm³/mol. The largest absolute Gasteiger partial charge is 0.594 e. The fourth-order valence-corrected chi connectivity index (χ4v) is 1.49. The zero-order chi connectivity index (χ0) is 13.1. The number of aromatic hydroxyl groups is 1. The van der Waals surface area contributed by atoms with E-state index in [1.165, 1.54) is 6.07 Å². The maximum absolute atomic E-state index is 11.8. The zero-order valence-electron chi connectivity index (χ0n) is 10.3. The van der Waals surface area contributed by atoms with E-state index in [0.717, 1.165) is 11.1 Å². The Balaban J connectivity index is 2.32. The fraction of sp³-hybridized carbons (Fsp3) is 0.143. The van der Waals surface area contributed by atoms with Crippen LogP contribution in [0.4, 0.5) is 11.4 Å². The molecular weight excluding hydrogens is 228 g/mol. The van der Waals surface area contributed by atoms with Crippen LogP contribution in [0.5, 0.6) is 5.75 Å². The Kier molecular flexibility index (Phi) is 3.28. The summed E-state index contributed by atoms with van der Waals surface area (Å²) < 4.78 is 0. The number of phenols is 1. The van der Waals surface area contributed by atoms with Crippen molar-refractivity contribution in [2.45, 2.75) is 13.8 Å². The van der Waals surface area contributed by atoms with Crippen LogP contribution >= 0.6 is 0 Å². The number of aryl methyl sites for hydroxylation is 2. The van der Waals surface area contributed by atoms with Crippen LogP contribution in [0.2, 0.25) is 0 Å². The highest BCUT2D eigenvalue weighted by atomic mass is 16.5. The van der Waals surface area contributed by atoms with E-state index < -0.39 is 0 Å². The second kappa shape index (κ2) is 4.87. The SMILES string of the molecule is Cc1ccc([N+]([O-])=Nc2ccc(C)c(O)c2)cc1. The van der Waals surface area contributed by atoms with Crippen molar-refractivity contribution in [1.82, 2.24) is 0 Å². The average Bonchev–Trinajstić information content (AvgIpc) is 2.34. The molecule has 0 aliphatic carbocycles. The van der Waals surface area contributed by atoms with Crippen LogP contribution in [0.15, 0.2) is 47.6 Å². The third kappa shape index (κ3) is 2.66. The number of phenolic OH excluding ortho intramolecular Hbond substituents is 1. The van der Waals surface area contributed by atoms with Crippen molar-refractivity contribution >= 4 is 11.4 Å². The van der Waals surface area contributed by atoms with Gasteiger partial charge in [0.2, 0.25) is 5.69 Å². The smallest absolute Gasteiger partial charge is 0.244 e. The van der Waals surface area contributed by atoms with E-state index >= 15 is 0 Å². The van der Waals surface area contributed by atoms with E-state index in [1.54, 1.807) is 31.2 Å². The normalized spacial score (nSPS) is 11.6. The van der Waals surface area contributed by atoms with Crippen LogP contribution in [0.1, 0.15) is 11.1 Å². The first-order valence-corrected chi connectivity index (χ1v) is 5.61. The van der Waals surface area contributed by atoms with Gasteiger partial charge in [-0.3, -0.25) is 0 Å². The monoisotopic (exact) mass is 242 g/mol. The van der Waals surface area contributed by atoms with Crippen molar-refractivity contribution in [2.24, 2.45) is 5.11 Å². The summed E-state index contributed by atoms with van der Waals surface area (Å²) in [5.41, 5.74) is 2.72. The summed E-state index contributed by atoms with van der Waals surface area (Å²) in [6.07, 6.45) is 0. The summed E-state index contributed by atoms with van der Waals surface area (Å²) in [7, 11) is 0. The van der Waals surface area contributed by atoms with E-state index in [1.807, 2.05) is 19.1 Å². The van der Waals surface area contributed by atoms with Crippen LogP contribution in [0.25, 0.3) is 0 Å². The number of hydrogen-bond donors (Lipinski definition) is 1. The maximum Gasteiger partial charge on any atom is 0.244 e. The summed E-state index contributed by atoms with van der Waals surface area (Å²) in [6, 6.07) is 12.0. The van der Waals surface area contributed by atoms with Gasteiger partial charge in [0.1, 0.15) is 11.4 Å². The van der Waals surface area contributed by atoms with E-state index in [9.17, 15) is 10.3 Å². The predicted octanol–water partition coefficient (Wildman–Crippen LogP) is 3.93. The molecule has 0 aliphatic heterocycles. The van der Waals surface area contributed by atoms with Gasteiger partial charge in [-0.05, 0) is 25.5 Å². The number of azo groups is 1. The molecule has 4 heteroatoms. The summed E-state index contributed by atoms with van der Waals surface area (Å²) >= 11 is 0. The second-order valence-corrected chi connectivity index (χ2v) is 4.18. The molecule has 2 aromatic rings. The van der Waals surface area contributed by atoms with Crippen LogP contribution < -0.4 is 0 Å². The van der Waals surface area contributed by atoms with E-state index in [2.05, 4.69) is 5.11 Å². The lowest BCUT2D eigenvalue weighted by molar-refractivity contribution is -0.435. The molecule has 0 heterocycles. The topological polar surface area (TPSA) is 58.7 Å². The molecule has 0 aromatic heterocycles. The lowest BCUT2D eigenvalue weighted by Gasteiger charge is -2.01. The summed E-state index contributed by atoms with van der Waals surface area (Å²) in [4.78, 5) is 0.545. The molecule has 92 valence electrons. The first-order valence-electron chi connectivity index (χ1n) is 5.61. The van der Waals surface area contributed by atoms with Crippen molar-refractivity contribution in [3.8, 4) is 5.75 Å². The molecule has 1 N–H and O–H groups in total. The molecule has 0 radical (unpaired) electrons. The molecule has 18 heavy (non-hydrogen) atoms. The number of rotatable bonds is 2. The Hall–Kier alpha value is -2.36. The zero-order valence-corrected chi connectivity index (χ0v) is 10.3. The molecule has 0 fully saturated rings. The minimum atomic E-state index is 0.133. The van der Waals surface area contributed by atoms with Crippen LogP contribution in [0.3, 0.4) is 0 Å². The lowest BCUT2D eigenvalue weighted by Crippen LogP contribution is -1.90. The molecule has 4 nitrogen and oxygen atoms in total. The maximum atomic E-state index is 11.8. The van der Waals surface area contributed by atoms with Gasteiger partial charge in [0, 0.05) is 23.3 Å². The molecule has 0 saturated carbocycles. The second-order valence-electron chi connectivity index (χ2n) is 4.18. The molecule has 2 rings (SSSR count). The molecule has 0 saturated heterocycles. The molecule has 0 atom stereocenters. The highest BCUT2D eigenvalue weighted by Gasteiger charge is 2.04. The summed E-state index contributed by atoms with van der Waals surface area (Å²) in [6.45, 7) is 3.74. The number of nitrogens with zero attached hydrogens (tertiary/aromatic N) is 2. The summed E-state index contributed by atoms with van der Waals surface area (Å²) in [5, 5.41) is 25.2. The minimum absolute atomic E-state index is 0.133. The highest BCUT2D eigenvalue weighted by molar-refractivity contribution is 5.46. The van der Waals surface area contributed by atoms with Crippen molar-refractivity contribution < 1.29 is 9.97 Å². The Morgan fingerprint density at radius 3 is 2.33 bits per heavy atom. The standard InChI is InChI=1S/C14H14N2O2/c1-10-3-7-13(8-4-10)16(18)15-12-6-5-11(2)14(17)9-12/h3-9,17H,1-2H3. The molecule has 0 amide bonds. The Bertz CT molecular complexity index is 589. The third-order valence-electron chi connectivity index (χ3n) is 2.65. The lowest BCUT2D eigenvalue weighted by atomic mass is 10.2. The highest BCUT2D eigenvalue weighted by Crippen LogP contribution is 2.24. The van der Waals surface area contributed by atoms with Gasteiger partial charge >= 0.3 is 0 Å². The van der Waals surface area contributed by atoms with E-state index in [-0.39, 0.29) is 5.75 Å². The van der Waals surface area contributed by atoms with Crippen molar-refractivity contribution in [1.29, 1.82) is 0 Å². The van der Waals surface area contributed by atoms with Gasteiger partial charge in [-0.1, -0.05) is 28.6 Å². The first kappa shape index (κ1) is 12.1. The molecule has 0 aliphatic rings. The molecule has 0 bridgehead atoms. The van der Waals surface area contributed by atoms with Gasteiger partial charge in [0.05, 0.1) is 0 Å². The Morgan fingerprint density at radius 2 is 1.72 bits per heavy atom. The van der Waals surface area contributed by atoms with Gasteiger partial charge in [-0.2, -0.15) is 0 Å². The Labute approximate surface area is 105 Å². The van der Waals surface area contributed by atoms with Crippen LogP contribution in [-0.4, -0.2) is 9.97 Å². The average molecular weight is 242 g/mol. The van der Waals surface area contributed by atoms with Gasteiger partial charge in [-0.25, -0.2) is 0 Å². The van der Waals surface area contributed by atoms with Gasteiger partial charge < -0.3 is 10.3 Å². The van der Waals surface area contributed by atoms with Crippen molar-refractivity contribution in [3.63, 3.8) is 0 Å². The number of benzene rings is 2. The molecular formula is C14H14N2O2. The van der Waals surface area contributed by atoms with Crippen molar-refractivity contribution in [2.75, 3.05) is 0 Å². The third-order valence-corrected chi connectivity index (χ3v) is 2.65. The van der Waals surface area contributed by atoms with Crippen LogP contribution in [0, 0.1) is 19.1 Å². The minimum Gasteiger partial charge on any atom is -0.594 e. The summed E-state index contributed by atoms with van der Waals surface area (Å²) in [5.74, 6) is 0.133. The van der Waals surface area contributed by atoms with Gasteiger partial charge in [-0.15, -0.1) is 0 Å². The van der Waals surface area contributed by atoms with Gasteiger partial charge in [0.25, 0.3) is 0 Å². The van der Waals surface area contributed by atoms with Crippen molar-refractivity contribution in [3.05, 3.63) is 58.8 Å². The molecule has 0 unspecified atom stereocenters. The van der Waals surface area contributed by atoms with E-state index in [0.29, 0.717) is 16.2 Å².